The third kappa shape index (κ3) is 18.4. The van der Waals surface area contributed by atoms with Crippen LogP contribution in [0.1, 0.15) is 156 Å². The molecule has 0 bridgehead atoms. The first-order valence-electron chi connectivity index (χ1n) is 17.4. The zero-order valence-corrected chi connectivity index (χ0v) is 27.7. The van der Waals surface area contributed by atoms with Gasteiger partial charge in [-0.2, -0.15) is 0 Å². The number of ether oxygens (including phenoxy) is 1. The smallest absolute Gasteiger partial charge is 0.325 e. The van der Waals surface area contributed by atoms with Crippen LogP contribution in [0.25, 0.3) is 0 Å². The van der Waals surface area contributed by atoms with E-state index in [4.69, 9.17) is 4.74 Å². The highest BCUT2D eigenvalue weighted by Gasteiger charge is 2.33. The molecule has 1 rings (SSSR count). The molecule has 40 heavy (non-hydrogen) atoms. The first-order valence-corrected chi connectivity index (χ1v) is 17.4. The van der Waals surface area contributed by atoms with Gasteiger partial charge in [0, 0.05) is 13.0 Å². The van der Waals surface area contributed by atoms with Gasteiger partial charge in [0.2, 0.25) is 5.91 Å². The Bertz CT molecular complexity index is 636. The van der Waals surface area contributed by atoms with Crippen molar-refractivity contribution in [1.29, 1.82) is 0 Å². The van der Waals surface area contributed by atoms with Crippen LogP contribution < -0.4 is 0 Å². The number of esters is 1. The molecular formula is C35H68N2O3. The predicted octanol–water partition coefficient (Wildman–Crippen LogP) is 9.03. The second-order valence-corrected chi connectivity index (χ2v) is 13.5. The summed E-state index contributed by atoms with van der Waals surface area (Å²) in [6.07, 6.45) is 24.5. The maximum atomic E-state index is 13.1. The van der Waals surface area contributed by atoms with Gasteiger partial charge in [0.25, 0.3) is 0 Å². The Morgan fingerprint density at radius 2 is 1.27 bits per heavy atom. The van der Waals surface area contributed by atoms with E-state index in [1.165, 1.54) is 89.9 Å². The van der Waals surface area contributed by atoms with Crippen molar-refractivity contribution in [3.63, 3.8) is 0 Å². The molecule has 0 aliphatic heterocycles. The fourth-order valence-corrected chi connectivity index (χ4v) is 6.29. The first-order chi connectivity index (χ1) is 19.2. The van der Waals surface area contributed by atoms with E-state index < -0.39 is 0 Å². The number of hydrogen-bond acceptors (Lipinski definition) is 4. The average molecular weight is 565 g/mol. The summed E-state index contributed by atoms with van der Waals surface area (Å²) < 4.78 is 6.03. The lowest BCUT2D eigenvalue weighted by molar-refractivity contribution is -0.159. The number of carbonyl (C=O) groups excluding carboxylic acids is 2. The molecule has 1 saturated carbocycles. The van der Waals surface area contributed by atoms with E-state index in [0.717, 1.165) is 38.6 Å². The van der Waals surface area contributed by atoms with E-state index in [2.05, 4.69) is 32.6 Å². The standard InChI is InChI=1S/C35H68N2O3/c1-7-8-9-10-11-12-13-14-15-16-17-18-19-20-21-23-34(38)37(27-22-26-36(5)6)29-35(39)40-33-28-31(4)24-25-32(33)30(2)3/h30-33H,7-29H2,1-6H3/t31-,32+,33-/m0/s1. The lowest BCUT2D eigenvalue weighted by atomic mass is 9.75. The molecule has 236 valence electrons. The summed E-state index contributed by atoms with van der Waals surface area (Å²) in [7, 11) is 4.10. The number of rotatable bonds is 24. The Balaban J connectivity index is 2.28. The molecule has 0 heterocycles. The van der Waals surface area contributed by atoms with Crippen LogP contribution >= 0.6 is 0 Å². The Morgan fingerprint density at radius 1 is 0.750 bits per heavy atom. The summed E-state index contributed by atoms with van der Waals surface area (Å²) >= 11 is 0. The maximum absolute atomic E-state index is 13.1. The summed E-state index contributed by atoms with van der Waals surface area (Å²) in [5.41, 5.74) is 0. The molecule has 0 aromatic rings. The van der Waals surface area contributed by atoms with E-state index in [-0.39, 0.29) is 24.5 Å². The number of amides is 1. The number of nitrogens with zero attached hydrogens (tertiary/aromatic N) is 2. The van der Waals surface area contributed by atoms with Crippen LogP contribution in [0.2, 0.25) is 0 Å². The highest BCUT2D eigenvalue weighted by molar-refractivity contribution is 5.82. The second kappa shape index (κ2) is 23.5. The second-order valence-electron chi connectivity index (χ2n) is 13.5. The van der Waals surface area contributed by atoms with Crippen LogP contribution in [0, 0.1) is 17.8 Å². The topological polar surface area (TPSA) is 49.9 Å². The largest absolute Gasteiger partial charge is 0.461 e. The molecule has 0 unspecified atom stereocenters. The molecule has 0 aromatic carbocycles. The monoisotopic (exact) mass is 565 g/mol. The highest BCUT2D eigenvalue weighted by Crippen LogP contribution is 2.35. The molecule has 1 aliphatic rings. The summed E-state index contributed by atoms with van der Waals surface area (Å²) in [6, 6.07) is 0. The van der Waals surface area contributed by atoms with Gasteiger partial charge >= 0.3 is 5.97 Å². The first kappa shape index (κ1) is 36.9. The zero-order chi connectivity index (χ0) is 29.6. The van der Waals surface area contributed by atoms with Crippen LogP contribution in [0.3, 0.4) is 0 Å². The molecule has 3 atom stereocenters. The van der Waals surface area contributed by atoms with Crippen molar-refractivity contribution in [2.24, 2.45) is 17.8 Å². The van der Waals surface area contributed by atoms with Crippen molar-refractivity contribution in [2.75, 3.05) is 33.7 Å². The van der Waals surface area contributed by atoms with Gasteiger partial charge in [-0.1, -0.05) is 124 Å². The van der Waals surface area contributed by atoms with Crippen LogP contribution in [0.4, 0.5) is 0 Å². The summed E-state index contributed by atoms with van der Waals surface area (Å²) in [4.78, 5) is 30.0. The van der Waals surface area contributed by atoms with E-state index in [0.29, 0.717) is 30.7 Å². The molecule has 0 radical (unpaired) electrons. The Kier molecular flexibility index (Phi) is 21.7. The summed E-state index contributed by atoms with van der Waals surface area (Å²) in [5.74, 6) is 1.42. The van der Waals surface area contributed by atoms with Gasteiger partial charge < -0.3 is 14.5 Å². The fraction of sp³-hybridized carbons (Fsp3) is 0.943. The van der Waals surface area contributed by atoms with E-state index in [9.17, 15) is 9.59 Å². The van der Waals surface area contributed by atoms with Crippen molar-refractivity contribution < 1.29 is 14.3 Å². The molecule has 1 fully saturated rings. The van der Waals surface area contributed by atoms with Gasteiger partial charge in [0.15, 0.2) is 0 Å². The molecule has 0 aromatic heterocycles. The number of carbonyl (C=O) groups is 2. The normalized spacial score (nSPS) is 19.4. The third-order valence-corrected chi connectivity index (χ3v) is 8.94. The van der Waals surface area contributed by atoms with Crippen LogP contribution in [0.5, 0.6) is 0 Å². The molecule has 0 spiro atoms. The molecule has 0 saturated heterocycles. The Morgan fingerprint density at radius 3 is 1.77 bits per heavy atom. The van der Waals surface area contributed by atoms with Crippen molar-refractivity contribution in [2.45, 2.75) is 162 Å². The molecule has 1 amide bonds. The van der Waals surface area contributed by atoms with Gasteiger partial charge in [-0.25, -0.2) is 0 Å². The molecular weight excluding hydrogens is 496 g/mol. The van der Waals surface area contributed by atoms with E-state index in [1.807, 2.05) is 14.1 Å². The van der Waals surface area contributed by atoms with Crippen molar-refractivity contribution in [1.82, 2.24) is 9.80 Å². The lowest BCUT2D eigenvalue weighted by Crippen LogP contribution is -2.41. The van der Waals surface area contributed by atoms with Crippen LogP contribution in [-0.4, -0.2) is 61.5 Å². The Labute approximate surface area is 249 Å². The maximum Gasteiger partial charge on any atom is 0.325 e. The number of unbranched alkanes of at least 4 members (excludes halogenated alkanes) is 14. The molecule has 5 nitrogen and oxygen atoms in total. The fourth-order valence-electron chi connectivity index (χ4n) is 6.29. The van der Waals surface area contributed by atoms with E-state index in [1.54, 1.807) is 4.90 Å². The number of hydrogen-bond donors (Lipinski definition) is 0. The van der Waals surface area contributed by atoms with Gasteiger partial charge in [0.1, 0.15) is 12.6 Å². The third-order valence-electron chi connectivity index (χ3n) is 8.94. The predicted molar refractivity (Wildman–Crippen MR) is 171 cm³/mol. The van der Waals surface area contributed by atoms with Gasteiger partial charge in [-0.3, -0.25) is 9.59 Å². The SMILES string of the molecule is CCCCCCCCCCCCCCCCCC(=O)N(CCCN(C)C)CC(=O)O[C@H]1C[C@@H](C)CC[C@@H]1C(C)C. The molecule has 5 heteroatoms. The van der Waals surface area contributed by atoms with Crippen molar-refractivity contribution in [3.05, 3.63) is 0 Å². The minimum absolute atomic E-state index is 0.00877. The van der Waals surface area contributed by atoms with E-state index >= 15 is 0 Å². The minimum atomic E-state index is -0.223. The van der Waals surface area contributed by atoms with Crippen LogP contribution in [0.15, 0.2) is 0 Å². The quantitative estimate of drug-likeness (QED) is 0.0867. The zero-order valence-electron chi connectivity index (χ0n) is 27.7. The summed E-state index contributed by atoms with van der Waals surface area (Å²) in [5, 5.41) is 0. The molecule has 1 aliphatic carbocycles. The van der Waals surface area contributed by atoms with Gasteiger partial charge in [-0.15, -0.1) is 0 Å². The molecule has 0 N–H and O–H groups in total. The average Bonchev–Trinajstić information content (AvgIpc) is 2.89. The summed E-state index contributed by atoms with van der Waals surface area (Å²) in [6.45, 7) is 10.6. The highest BCUT2D eigenvalue weighted by atomic mass is 16.5. The van der Waals surface area contributed by atoms with Gasteiger partial charge in [-0.05, 0) is 64.1 Å². The van der Waals surface area contributed by atoms with Crippen molar-refractivity contribution in [3.8, 4) is 0 Å². The Hall–Kier alpha value is -1.10. The van der Waals surface area contributed by atoms with Crippen molar-refractivity contribution >= 4 is 11.9 Å². The van der Waals surface area contributed by atoms with Gasteiger partial charge in [0.05, 0.1) is 0 Å². The van der Waals surface area contributed by atoms with Crippen LogP contribution in [-0.2, 0) is 14.3 Å². The lowest BCUT2D eigenvalue weighted by Gasteiger charge is -2.37. The minimum Gasteiger partial charge on any atom is -0.461 e.